The molecular weight excluding hydrogens is 258 g/mol. The first-order chi connectivity index (χ1) is 9.19. The molecule has 0 aromatic carbocycles. The lowest BCUT2D eigenvalue weighted by molar-refractivity contribution is 0.0606. The fourth-order valence-corrected chi connectivity index (χ4v) is 4.49. The third kappa shape index (κ3) is 2.93. The van der Waals surface area contributed by atoms with Crippen LogP contribution in [0.4, 0.5) is 0 Å². The molecule has 2 fully saturated rings. The van der Waals surface area contributed by atoms with Crippen molar-refractivity contribution in [2.45, 2.75) is 63.6 Å². The smallest absolute Gasteiger partial charge is 0.171 e. The summed E-state index contributed by atoms with van der Waals surface area (Å²) in [7, 11) is 0. The Labute approximate surface area is 120 Å². The summed E-state index contributed by atoms with van der Waals surface area (Å²) in [5.41, 5.74) is 3.75. The first-order valence-electron chi connectivity index (χ1n) is 7.54. The van der Waals surface area contributed by atoms with Gasteiger partial charge in [0, 0.05) is 31.1 Å². The Bertz CT molecular complexity index is 345. The maximum absolute atomic E-state index is 5.47. The van der Waals surface area contributed by atoms with Crippen molar-refractivity contribution in [2.75, 3.05) is 19.0 Å². The van der Waals surface area contributed by atoms with Crippen molar-refractivity contribution in [3.63, 3.8) is 0 Å². The van der Waals surface area contributed by atoms with Gasteiger partial charge in [0.1, 0.15) is 0 Å². The topological polar surface area (TPSA) is 36.9 Å². The van der Waals surface area contributed by atoms with Gasteiger partial charge < -0.3 is 4.74 Å². The van der Waals surface area contributed by atoms with E-state index in [1.165, 1.54) is 19.3 Å². The van der Waals surface area contributed by atoms with Crippen LogP contribution in [0.2, 0.25) is 0 Å². The van der Waals surface area contributed by atoms with Gasteiger partial charge in [0.15, 0.2) is 5.17 Å². The van der Waals surface area contributed by atoms with E-state index in [1.807, 2.05) is 11.8 Å². The van der Waals surface area contributed by atoms with E-state index >= 15 is 0 Å². The van der Waals surface area contributed by atoms with Gasteiger partial charge in [0.05, 0.1) is 5.54 Å². The number of piperidine rings is 1. The third-order valence-corrected chi connectivity index (χ3v) is 5.80. The molecule has 0 aliphatic carbocycles. The van der Waals surface area contributed by atoms with Gasteiger partial charge in [-0.3, -0.25) is 10.4 Å². The maximum Gasteiger partial charge on any atom is 0.171 e. The number of aliphatic imine (C=N–C) groups is 1. The van der Waals surface area contributed by atoms with E-state index in [9.17, 15) is 0 Å². The van der Waals surface area contributed by atoms with Gasteiger partial charge in [-0.25, -0.2) is 5.01 Å². The van der Waals surface area contributed by atoms with E-state index in [1.54, 1.807) is 0 Å². The predicted octanol–water partition coefficient (Wildman–Crippen LogP) is 2.41. The number of hydrazine groups is 1. The Kier molecular flexibility index (Phi) is 4.06. The lowest BCUT2D eigenvalue weighted by Crippen LogP contribution is -2.53. The molecule has 3 rings (SSSR count). The second-order valence-electron chi connectivity index (χ2n) is 6.19. The Morgan fingerprint density at radius 2 is 1.95 bits per heavy atom. The summed E-state index contributed by atoms with van der Waals surface area (Å²) in [5.74, 6) is 1.12. The number of thioether (sulfide) groups is 1. The zero-order valence-electron chi connectivity index (χ0n) is 12.0. The van der Waals surface area contributed by atoms with E-state index in [0.717, 1.165) is 37.0 Å². The summed E-state index contributed by atoms with van der Waals surface area (Å²) in [6.45, 7) is 6.36. The van der Waals surface area contributed by atoms with Crippen molar-refractivity contribution < 1.29 is 4.74 Å². The summed E-state index contributed by atoms with van der Waals surface area (Å²) in [6.07, 6.45) is 6.08. The van der Waals surface area contributed by atoms with Gasteiger partial charge in [0.2, 0.25) is 0 Å². The Balaban J connectivity index is 1.65. The van der Waals surface area contributed by atoms with Crippen LogP contribution in [0.1, 0.15) is 46.0 Å². The highest BCUT2D eigenvalue weighted by Gasteiger charge is 2.38. The van der Waals surface area contributed by atoms with Gasteiger partial charge in [-0.15, -0.1) is 0 Å². The van der Waals surface area contributed by atoms with Crippen molar-refractivity contribution in [1.82, 2.24) is 10.4 Å². The third-order valence-electron chi connectivity index (χ3n) is 4.66. The molecule has 1 N–H and O–H groups in total. The van der Waals surface area contributed by atoms with Crippen molar-refractivity contribution in [3.05, 3.63) is 0 Å². The number of hydrogen-bond donors (Lipinski definition) is 1. The summed E-state index contributed by atoms with van der Waals surface area (Å²) in [6, 6.07) is 1.22. The van der Waals surface area contributed by atoms with E-state index in [-0.39, 0.29) is 5.54 Å². The Morgan fingerprint density at radius 1 is 1.26 bits per heavy atom. The molecule has 108 valence electrons. The zero-order chi connectivity index (χ0) is 13.3. The van der Waals surface area contributed by atoms with Crippen LogP contribution in [-0.4, -0.2) is 46.8 Å². The SMILES string of the molecule is CC1CCCC(C)N1NC1=NC2(CCOCC2)CS1. The minimum absolute atomic E-state index is 0.160. The van der Waals surface area contributed by atoms with Crippen molar-refractivity contribution in [1.29, 1.82) is 0 Å². The monoisotopic (exact) mass is 283 g/mol. The largest absolute Gasteiger partial charge is 0.381 e. The van der Waals surface area contributed by atoms with E-state index < -0.39 is 0 Å². The first kappa shape index (κ1) is 13.7. The van der Waals surface area contributed by atoms with Crippen LogP contribution >= 0.6 is 11.8 Å². The minimum atomic E-state index is 0.160. The molecule has 4 nitrogen and oxygen atoms in total. The predicted molar refractivity (Wildman–Crippen MR) is 80.4 cm³/mol. The lowest BCUT2D eigenvalue weighted by Gasteiger charge is -2.39. The molecule has 0 radical (unpaired) electrons. The van der Waals surface area contributed by atoms with E-state index in [0.29, 0.717) is 12.1 Å². The fourth-order valence-electron chi connectivity index (χ4n) is 3.30. The average molecular weight is 283 g/mol. The standard InChI is InChI=1S/C14H25N3OS/c1-11-4-3-5-12(2)17(11)16-13-15-14(10-19-13)6-8-18-9-7-14/h11-12H,3-10H2,1-2H3,(H,15,16). The number of rotatable bonds is 1. The molecule has 2 atom stereocenters. The van der Waals surface area contributed by atoms with Crippen LogP contribution in [-0.2, 0) is 4.74 Å². The van der Waals surface area contributed by atoms with Crippen LogP contribution in [0.3, 0.4) is 0 Å². The number of amidine groups is 1. The number of nitrogens with zero attached hydrogens (tertiary/aromatic N) is 2. The Hall–Kier alpha value is -0.260. The molecule has 19 heavy (non-hydrogen) atoms. The van der Waals surface area contributed by atoms with Gasteiger partial charge in [-0.2, -0.15) is 0 Å². The zero-order valence-corrected chi connectivity index (χ0v) is 12.8. The summed E-state index contributed by atoms with van der Waals surface area (Å²) < 4.78 is 5.47. The minimum Gasteiger partial charge on any atom is -0.381 e. The van der Waals surface area contributed by atoms with Crippen molar-refractivity contribution in [3.8, 4) is 0 Å². The molecule has 0 aromatic rings. The van der Waals surface area contributed by atoms with Crippen molar-refractivity contribution in [2.24, 2.45) is 4.99 Å². The molecule has 0 saturated carbocycles. The molecule has 2 saturated heterocycles. The number of ether oxygens (including phenoxy) is 1. The quantitative estimate of drug-likeness (QED) is 0.802. The molecule has 5 heteroatoms. The molecule has 0 aromatic heterocycles. The average Bonchev–Trinajstić information content (AvgIpc) is 2.78. The van der Waals surface area contributed by atoms with E-state index in [2.05, 4.69) is 24.3 Å². The molecule has 0 amide bonds. The van der Waals surface area contributed by atoms with Crippen molar-refractivity contribution >= 4 is 16.9 Å². The van der Waals surface area contributed by atoms with Gasteiger partial charge in [-0.1, -0.05) is 18.2 Å². The highest BCUT2D eigenvalue weighted by molar-refractivity contribution is 8.14. The lowest BCUT2D eigenvalue weighted by atomic mass is 9.93. The highest BCUT2D eigenvalue weighted by Crippen LogP contribution is 2.35. The number of hydrogen-bond acceptors (Lipinski definition) is 5. The van der Waals surface area contributed by atoms with Crippen LogP contribution < -0.4 is 5.43 Å². The first-order valence-corrected chi connectivity index (χ1v) is 8.52. The molecule has 0 bridgehead atoms. The second kappa shape index (κ2) is 5.62. The van der Waals surface area contributed by atoms with E-state index in [4.69, 9.17) is 9.73 Å². The molecule has 1 spiro atoms. The normalized spacial score (nSPS) is 35.4. The van der Waals surface area contributed by atoms with Gasteiger partial charge in [0.25, 0.3) is 0 Å². The van der Waals surface area contributed by atoms with Gasteiger partial charge >= 0.3 is 0 Å². The van der Waals surface area contributed by atoms with Crippen LogP contribution in [0.5, 0.6) is 0 Å². The van der Waals surface area contributed by atoms with Crippen LogP contribution in [0.15, 0.2) is 4.99 Å². The molecule has 3 aliphatic rings. The maximum atomic E-state index is 5.47. The molecule has 3 aliphatic heterocycles. The fraction of sp³-hybridized carbons (Fsp3) is 0.929. The summed E-state index contributed by atoms with van der Waals surface area (Å²) in [4.78, 5) is 4.99. The molecule has 3 heterocycles. The number of nitrogens with one attached hydrogen (secondary N) is 1. The summed E-state index contributed by atoms with van der Waals surface area (Å²) >= 11 is 1.89. The Morgan fingerprint density at radius 3 is 2.63 bits per heavy atom. The highest BCUT2D eigenvalue weighted by atomic mass is 32.2. The van der Waals surface area contributed by atoms with Crippen LogP contribution in [0.25, 0.3) is 0 Å². The molecule has 2 unspecified atom stereocenters. The van der Waals surface area contributed by atoms with Crippen LogP contribution in [0, 0.1) is 0 Å². The molecular formula is C14H25N3OS. The second-order valence-corrected chi connectivity index (χ2v) is 7.15. The summed E-state index contributed by atoms with van der Waals surface area (Å²) in [5, 5.41) is 3.54. The van der Waals surface area contributed by atoms with Gasteiger partial charge in [-0.05, 0) is 39.5 Å².